The van der Waals surface area contributed by atoms with Crippen molar-refractivity contribution in [3.8, 4) is 17.6 Å². The maximum atomic E-state index is 11.1. The molecule has 0 fully saturated rings. The topological polar surface area (TPSA) is 63.6 Å². The van der Waals surface area contributed by atoms with Gasteiger partial charge in [-0.25, -0.2) is 4.79 Å². The Hall–Kier alpha value is -2.28. The maximum Gasteiger partial charge on any atom is 0.337 e. The molecule has 0 heterocycles. The summed E-state index contributed by atoms with van der Waals surface area (Å²) < 4.78 is 4.50. The SMILES string of the molecule is COC(=O)c1ccc(O)c(C#CC=O)c1. The molecule has 1 N–H and O–H groups in total. The average Bonchev–Trinajstić information content (AvgIpc) is 2.27. The van der Waals surface area contributed by atoms with Crippen LogP contribution in [0.5, 0.6) is 5.75 Å². The molecular weight excluding hydrogens is 196 g/mol. The van der Waals surface area contributed by atoms with Crippen molar-refractivity contribution in [1.29, 1.82) is 0 Å². The molecule has 0 aliphatic carbocycles. The number of aldehydes is 1. The van der Waals surface area contributed by atoms with E-state index in [1.807, 2.05) is 0 Å². The van der Waals surface area contributed by atoms with E-state index in [0.717, 1.165) is 0 Å². The Morgan fingerprint density at radius 1 is 1.53 bits per heavy atom. The molecule has 0 unspecified atom stereocenters. The van der Waals surface area contributed by atoms with Gasteiger partial charge in [-0.3, -0.25) is 4.79 Å². The highest BCUT2D eigenvalue weighted by Crippen LogP contribution is 2.17. The van der Waals surface area contributed by atoms with Gasteiger partial charge >= 0.3 is 5.97 Å². The molecule has 1 aromatic rings. The van der Waals surface area contributed by atoms with Crippen molar-refractivity contribution in [2.45, 2.75) is 0 Å². The van der Waals surface area contributed by atoms with E-state index in [9.17, 15) is 14.7 Å². The second kappa shape index (κ2) is 4.82. The number of phenolic OH excluding ortho intramolecular Hbond substituents is 1. The molecule has 1 rings (SSSR count). The fourth-order valence-electron chi connectivity index (χ4n) is 0.988. The number of aromatic hydroxyl groups is 1. The summed E-state index contributed by atoms with van der Waals surface area (Å²) in [5.41, 5.74) is 0.482. The Balaban J connectivity index is 3.16. The van der Waals surface area contributed by atoms with Crippen LogP contribution in [0.4, 0.5) is 0 Å². The zero-order valence-corrected chi connectivity index (χ0v) is 7.98. The van der Waals surface area contributed by atoms with E-state index in [1.165, 1.54) is 25.3 Å². The second-order valence-electron chi connectivity index (χ2n) is 2.61. The number of esters is 1. The van der Waals surface area contributed by atoms with Crippen LogP contribution in [0.25, 0.3) is 0 Å². The fraction of sp³-hybridized carbons (Fsp3) is 0.0909. The molecule has 0 radical (unpaired) electrons. The lowest BCUT2D eigenvalue weighted by Crippen LogP contribution is -2.01. The highest BCUT2D eigenvalue weighted by atomic mass is 16.5. The number of ether oxygens (including phenoxy) is 1. The summed E-state index contributed by atoms with van der Waals surface area (Å²) in [5, 5.41) is 9.35. The van der Waals surface area contributed by atoms with Crippen LogP contribution in [0.15, 0.2) is 18.2 Å². The number of carbonyl (C=O) groups is 2. The molecule has 0 bridgehead atoms. The van der Waals surface area contributed by atoms with E-state index in [0.29, 0.717) is 6.29 Å². The molecule has 76 valence electrons. The van der Waals surface area contributed by atoms with Gasteiger partial charge in [0.05, 0.1) is 18.2 Å². The first kappa shape index (κ1) is 10.8. The van der Waals surface area contributed by atoms with Crippen molar-refractivity contribution in [3.05, 3.63) is 29.3 Å². The van der Waals surface area contributed by atoms with Crippen LogP contribution >= 0.6 is 0 Å². The summed E-state index contributed by atoms with van der Waals surface area (Å²) in [6, 6.07) is 4.09. The zero-order chi connectivity index (χ0) is 11.3. The Labute approximate surface area is 86.5 Å². The Kier molecular flexibility index (Phi) is 3.47. The average molecular weight is 204 g/mol. The smallest absolute Gasteiger partial charge is 0.337 e. The largest absolute Gasteiger partial charge is 0.507 e. The number of rotatable bonds is 1. The third-order valence-corrected chi connectivity index (χ3v) is 1.68. The number of methoxy groups -OCH3 is 1. The van der Waals surface area contributed by atoms with Crippen molar-refractivity contribution in [2.24, 2.45) is 0 Å². The molecule has 0 atom stereocenters. The van der Waals surface area contributed by atoms with Gasteiger partial charge in [0.1, 0.15) is 5.75 Å². The number of hydrogen-bond donors (Lipinski definition) is 1. The summed E-state index contributed by atoms with van der Waals surface area (Å²) in [4.78, 5) is 21.1. The van der Waals surface area contributed by atoms with Gasteiger partial charge in [-0.2, -0.15) is 0 Å². The predicted molar refractivity (Wildman–Crippen MR) is 52.4 cm³/mol. The first-order chi connectivity index (χ1) is 7.19. The normalized spacial score (nSPS) is 8.60. The highest BCUT2D eigenvalue weighted by molar-refractivity contribution is 5.90. The van der Waals surface area contributed by atoms with Gasteiger partial charge in [-0.1, -0.05) is 5.92 Å². The number of benzene rings is 1. The van der Waals surface area contributed by atoms with E-state index in [1.54, 1.807) is 0 Å². The van der Waals surface area contributed by atoms with Crippen LogP contribution in [-0.4, -0.2) is 24.5 Å². The molecule has 0 saturated carbocycles. The minimum Gasteiger partial charge on any atom is -0.507 e. The van der Waals surface area contributed by atoms with Crippen LogP contribution in [0.2, 0.25) is 0 Å². The molecule has 0 aliphatic heterocycles. The van der Waals surface area contributed by atoms with E-state index in [-0.39, 0.29) is 16.9 Å². The quantitative estimate of drug-likeness (QED) is 0.416. The van der Waals surface area contributed by atoms with Crippen molar-refractivity contribution in [3.63, 3.8) is 0 Å². The number of phenols is 1. The molecule has 15 heavy (non-hydrogen) atoms. The second-order valence-corrected chi connectivity index (χ2v) is 2.61. The summed E-state index contributed by atoms with van der Waals surface area (Å²) in [7, 11) is 1.26. The van der Waals surface area contributed by atoms with Gasteiger partial charge in [0, 0.05) is 0 Å². The van der Waals surface area contributed by atoms with Crippen LogP contribution in [0.3, 0.4) is 0 Å². The van der Waals surface area contributed by atoms with E-state index >= 15 is 0 Å². The van der Waals surface area contributed by atoms with Crippen LogP contribution in [0.1, 0.15) is 15.9 Å². The molecule has 0 aliphatic rings. The van der Waals surface area contributed by atoms with Crippen molar-refractivity contribution in [1.82, 2.24) is 0 Å². The summed E-state index contributed by atoms with van der Waals surface area (Å²) >= 11 is 0. The highest BCUT2D eigenvalue weighted by Gasteiger charge is 2.07. The van der Waals surface area contributed by atoms with Crippen molar-refractivity contribution in [2.75, 3.05) is 7.11 Å². The number of hydrogen-bond acceptors (Lipinski definition) is 4. The lowest BCUT2D eigenvalue weighted by Gasteiger charge is -2.01. The van der Waals surface area contributed by atoms with Crippen LogP contribution < -0.4 is 0 Å². The van der Waals surface area contributed by atoms with Crippen molar-refractivity contribution >= 4 is 12.3 Å². The Bertz CT molecular complexity index is 451. The predicted octanol–water partition coefficient (Wildman–Crippen LogP) is 0.729. The lowest BCUT2D eigenvalue weighted by atomic mass is 10.1. The lowest BCUT2D eigenvalue weighted by molar-refractivity contribution is -0.103. The molecule has 0 spiro atoms. The van der Waals surface area contributed by atoms with Gasteiger partial charge in [0.25, 0.3) is 0 Å². The van der Waals surface area contributed by atoms with Gasteiger partial charge < -0.3 is 9.84 Å². The van der Waals surface area contributed by atoms with Gasteiger partial charge in [-0.15, -0.1) is 0 Å². The summed E-state index contributed by atoms with van der Waals surface area (Å²) in [5.74, 6) is 3.94. The maximum absolute atomic E-state index is 11.1. The fourth-order valence-corrected chi connectivity index (χ4v) is 0.988. The molecule has 4 nitrogen and oxygen atoms in total. The third kappa shape index (κ3) is 2.58. The van der Waals surface area contributed by atoms with E-state index < -0.39 is 5.97 Å². The van der Waals surface area contributed by atoms with E-state index in [2.05, 4.69) is 16.6 Å². The molecule has 1 aromatic carbocycles. The molecule has 0 saturated heterocycles. The van der Waals surface area contributed by atoms with Gasteiger partial charge in [0.15, 0.2) is 6.29 Å². The van der Waals surface area contributed by atoms with Crippen LogP contribution in [-0.2, 0) is 9.53 Å². The van der Waals surface area contributed by atoms with Gasteiger partial charge in [0.2, 0.25) is 0 Å². The monoisotopic (exact) mass is 204 g/mol. The van der Waals surface area contributed by atoms with E-state index in [4.69, 9.17) is 0 Å². The molecular formula is C11H8O4. The van der Waals surface area contributed by atoms with Crippen LogP contribution in [0, 0.1) is 11.8 Å². The third-order valence-electron chi connectivity index (χ3n) is 1.68. The standard InChI is InChI=1S/C11H8O4/c1-15-11(14)9-4-5-10(13)8(7-9)3-2-6-12/h4-7,13H,1H3. The summed E-state index contributed by atoms with van der Waals surface area (Å²) in [6.07, 6.45) is 0.407. The van der Waals surface area contributed by atoms with Crippen molar-refractivity contribution < 1.29 is 19.4 Å². The van der Waals surface area contributed by atoms with Gasteiger partial charge in [-0.05, 0) is 24.1 Å². The molecule has 0 amide bonds. The summed E-state index contributed by atoms with van der Waals surface area (Å²) in [6.45, 7) is 0. The minimum atomic E-state index is -0.524. The zero-order valence-electron chi connectivity index (χ0n) is 7.98. The molecule has 4 heteroatoms. The Morgan fingerprint density at radius 2 is 2.27 bits per heavy atom. The molecule has 0 aromatic heterocycles. The Morgan fingerprint density at radius 3 is 2.87 bits per heavy atom. The first-order valence-electron chi connectivity index (χ1n) is 4.05. The first-order valence-corrected chi connectivity index (χ1v) is 4.05. The number of carbonyl (C=O) groups excluding carboxylic acids is 2. The minimum absolute atomic E-state index is 0.0861.